The summed E-state index contributed by atoms with van der Waals surface area (Å²) >= 11 is 0. The second-order valence-corrected chi connectivity index (χ2v) is 8.97. The first kappa shape index (κ1) is 21.6. The third kappa shape index (κ3) is 5.50. The molecule has 1 unspecified atom stereocenters. The van der Waals surface area contributed by atoms with Crippen molar-refractivity contribution in [3.63, 3.8) is 0 Å². The van der Waals surface area contributed by atoms with Gasteiger partial charge < -0.3 is 19.5 Å². The summed E-state index contributed by atoms with van der Waals surface area (Å²) in [5.74, 6) is -0.886. The van der Waals surface area contributed by atoms with E-state index < -0.39 is 33.6 Å². The van der Waals surface area contributed by atoms with Crippen LogP contribution in [0.25, 0.3) is 0 Å². The van der Waals surface area contributed by atoms with Gasteiger partial charge in [0.15, 0.2) is 27.4 Å². The molecule has 0 fully saturated rings. The van der Waals surface area contributed by atoms with Gasteiger partial charge >= 0.3 is 5.97 Å². The van der Waals surface area contributed by atoms with E-state index in [4.69, 9.17) is 14.2 Å². The number of aryl methyl sites for hydroxylation is 1. The van der Waals surface area contributed by atoms with E-state index in [2.05, 4.69) is 5.32 Å². The molecule has 9 heteroatoms. The molecule has 0 bridgehead atoms. The highest BCUT2D eigenvalue weighted by Crippen LogP contribution is 2.32. The predicted octanol–water partition coefficient (Wildman–Crippen LogP) is 2.50. The zero-order valence-corrected chi connectivity index (χ0v) is 17.5. The number of hydrogen-bond donors (Lipinski definition) is 1. The average molecular weight is 433 g/mol. The molecule has 0 spiro atoms. The summed E-state index contributed by atoms with van der Waals surface area (Å²) in [6.45, 7) is 4.06. The zero-order valence-electron chi connectivity index (χ0n) is 16.7. The van der Waals surface area contributed by atoms with Crippen molar-refractivity contribution >= 4 is 27.4 Å². The molecule has 1 N–H and O–H groups in total. The van der Waals surface area contributed by atoms with Crippen molar-refractivity contribution in [3.05, 3.63) is 48.0 Å². The van der Waals surface area contributed by atoms with Crippen LogP contribution in [0.3, 0.4) is 0 Å². The van der Waals surface area contributed by atoms with Gasteiger partial charge in [0, 0.05) is 11.8 Å². The maximum Gasteiger partial charge on any atom is 0.307 e. The fourth-order valence-corrected chi connectivity index (χ4v) is 4.06. The van der Waals surface area contributed by atoms with Gasteiger partial charge in [0.05, 0.1) is 17.1 Å². The van der Waals surface area contributed by atoms with Crippen LogP contribution in [0.15, 0.2) is 47.4 Å². The first-order chi connectivity index (χ1) is 14.2. The number of amides is 1. The van der Waals surface area contributed by atoms with Gasteiger partial charge in [-0.1, -0.05) is 12.1 Å². The van der Waals surface area contributed by atoms with Crippen LogP contribution in [-0.2, 0) is 24.2 Å². The van der Waals surface area contributed by atoms with Crippen molar-refractivity contribution < 1.29 is 32.2 Å². The van der Waals surface area contributed by atoms with Gasteiger partial charge in [-0.2, -0.15) is 0 Å². The topological polar surface area (TPSA) is 108 Å². The van der Waals surface area contributed by atoms with Crippen LogP contribution in [0.4, 0.5) is 5.69 Å². The van der Waals surface area contributed by atoms with E-state index in [1.807, 2.05) is 13.0 Å². The molecule has 160 valence electrons. The van der Waals surface area contributed by atoms with Crippen molar-refractivity contribution in [1.29, 1.82) is 0 Å². The van der Waals surface area contributed by atoms with E-state index in [1.54, 1.807) is 18.2 Å². The Kier molecular flexibility index (Phi) is 6.61. The molecule has 0 saturated heterocycles. The lowest BCUT2D eigenvalue weighted by Gasteiger charge is -2.18. The quantitative estimate of drug-likeness (QED) is 0.669. The second-order valence-electron chi connectivity index (χ2n) is 6.87. The number of sulfone groups is 1. The monoisotopic (exact) mass is 433 g/mol. The van der Waals surface area contributed by atoms with Gasteiger partial charge in [0.1, 0.15) is 13.2 Å². The Morgan fingerprint density at radius 1 is 1.10 bits per heavy atom. The number of esters is 1. The Bertz CT molecular complexity index is 1050. The van der Waals surface area contributed by atoms with Crippen molar-refractivity contribution in [1.82, 2.24) is 0 Å². The number of ether oxygens (including phenoxy) is 3. The van der Waals surface area contributed by atoms with E-state index in [1.165, 1.54) is 25.1 Å². The number of nitrogens with one attached hydrogen (secondary N) is 1. The fraction of sp³-hybridized carbons (Fsp3) is 0.333. The van der Waals surface area contributed by atoms with Crippen molar-refractivity contribution in [2.45, 2.75) is 31.3 Å². The fourth-order valence-electron chi connectivity index (χ4n) is 2.83. The molecular formula is C21H23NO7S. The molecule has 2 aromatic carbocycles. The minimum atomic E-state index is -3.74. The number of carbonyl (C=O) groups is 2. The molecule has 1 amide bonds. The van der Waals surface area contributed by atoms with Gasteiger partial charge in [-0.05, 0) is 43.7 Å². The Hall–Kier alpha value is -3.07. The third-order valence-corrected chi connectivity index (χ3v) is 6.12. The van der Waals surface area contributed by atoms with Crippen LogP contribution >= 0.6 is 0 Å². The summed E-state index contributed by atoms with van der Waals surface area (Å²) in [5, 5.41) is 2.65. The highest BCUT2D eigenvalue weighted by atomic mass is 32.2. The third-order valence-electron chi connectivity index (χ3n) is 4.41. The molecule has 8 nitrogen and oxygen atoms in total. The summed E-state index contributed by atoms with van der Waals surface area (Å²) in [7, 11) is -3.74. The molecule has 1 aliphatic rings. The van der Waals surface area contributed by atoms with E-state index in [0.717, 1.165) is 5.56 Å². The molecule has 0 saturated carbocycles. The number of benzene rings is 2. The normalized spacial score (nSPS) is 13.9. The molecule has 0 aromatic heterocycles. The van der Waals surface area contributed by atoms with Crippen LogP contribution in [0.2, 0.25) is 0 Å². The van der Waals surface area contributed by atoms with E-state index >= 15 is 0 Å². The lowest BCUT2D eigenvalue weighted by Crippen LogP contribution is -2.30. The number of carbonyl (C=O) groups excluding carboxylic acids is 2. The van der Waals surface area contributed by atoms with E-state index in [-0.39, 0.29) is 11.3 Å². The highest BCUT2D eigenvalue weighted by molar-refractivity contribution is 7.91. The van der Waals surface area contributed by atoms with Crippen LogP contribution in [0, 0.1) is 6.92 Å². The maximum absolute atomic E-state index is 12.5. The van der Waals surface area contributed by atoms with Crippen LogP contribution in [-0.4, -0.2) is 45.4 Å². The number of rotatable bonds is 7. The van der Waals surface area contributed by atoms with Crippen molar-refractivity contribution in [3.8, 4) is 11.5 Å². The lowest BCUT2D eigenvalue weighted by atomic mass is 10.2. The van der Waals surface area contributed by atoms with Crippen molar-refractivity contribution in [2.24, 2.45) is 0 Å². The first-order valence-corrected chi connectivity index (χ1v) is 11.1. The lowest BCUT2D eigenvalue weighted by molar-refractivity contribution is -0.152. The number of hydrogen-bond acceptors (Lipinski definition) is 7. The molecule has 1 aliphatic heterocycles. The Labute approximate surface area is 175 Å². The number of anilines is 1. The van der Waals surface area contributed by atoms with Crippen LogP contribution < -0.4 is 14.8 Å². The molecule has 0 aliphatic carbocycles. The highest BCUT2D eigenvalue weighted by Gasteiger charge is 2.23. The van der Waals surface area contributed by atoms with Gasteiger partial charge in [0.2, 0.25) is 0 Å². The van der Waals surface area contributed by atoms with E-state index in [9.17, 15) is 18.0 Å². The van der Waals surface area contributed by atoms with E-state index in [0.29, 0.717) is 30.4 Å². The Morgan fingerprint density at radius 2 is 1.83 bits per heavy atom. The second kappa shape index (κ2) is 9.17. The largest absolute Gasteiger partial charge is 0.486 e. The summed E-state index contributed by atoms with van der Waals surface area (Å²) in [5.41, 5.74) is 1.56. The Balaban J connectivity index is 1.53. The maximum atomic E-state index is 12.5. The minimum Gasteiger partial charge on any atom is -0.486 e. The standard InChI is InChI=1S/C21H23NO7S/c1-14-4-3-5-16(12-14)22-21(24)15(2)29-20(23)8-11-30(25,26)17-6-7-18-19(13-17)28-10-9-27-18/h3-7,12-13,15H,8-11H2,1-2H3,(H,22,24). The predicted molar refractivity (Wildman–Crippen MR) is 109 cm³/mol. The van der Waals surface area contributed by atoms with Crippen LogP contribution in [0.5, 0.6) is 11.5 Å². The molecule has 1 atom stereocenters. The summed E-state index contributed by atoms with van der Waals surface area (Å²) in [6, 6.07) is 11.5. The molecule has 3 rings (SSSR count). The van der Waals surface area contributed by atoms with Gasteiger partial charge in [-0.15, -0.1) is 0 Å². The summed E-state index contributed by atoms with van der Waals surface area (Å²) in [6.07, 6.45) is -1.44. The molecular weight excluding hydrogens is 410 g/mol. The molecule has 0 radical (unpaired) electrons. The number of fused-ring (bicyclic) bond motifs is 1. The smallest absolute Gasteiger partial charge is 0.307 e. The summed E-state index contributed by atoms with van der Waals surface area (Å²) in [4.78, 5) is 24.3. The SMILES string of the molecule is Cc1cccc(NC(=O)C(C)OC(=O)CCS(=O)(=O)c2ccc3c(c2)OCCO3)c1. The van der Waals surface area contributed by atoms with Gasteiger partial charge in [-0.3, -0.25) is 9.59 Å². The Morgan fingerprint density at radius 3 is 2.57 bits per heavy atom. The molecule has 2 aromatic rings. The summed E-state index contributed by atoms with van der Waals surface area (Å²) < 4.78 is 40.9. The molecule has 1 heterocycles. The molecule has 30 heavy (non-hydrogen) atoms. The minimum absolute atomic E-state index is 0.0322. The van der Waals surface area contributed by atoms with Crippen LogP contribution in [0.1, 0.15) is 18.9 Å². The zero-order chi connectivity index (χ0) is 21.7. The van der Waals surface area contributed by atoms with Gasteiger partial charge in [-0.25, -0.2) is 8.42 Å². The van der Waals surface area contributed by atoms with Crippen molar-refractivity contribution in [2.75, 3.05) is 24.3 Å². The first-order valence-electron chi connectivity index (χ1n) is 9.44. The van der Waals surface area contributed by atoms with Gasteiger partial charge in [0.25, 0.3) is 5.91 Å². The average Bonchev–Trinajstić information content (AvgIpc) is 2.72.